The molecule has 0 heterocycles. The molecule has 0 aromatic carbocycles. The molecule has 0 aromatic rings. The van der Waals surface area contributed by atoms with Gasteiger partial charge in [-0.05, 0) is 38.3 Å². The summed E-state index contributed by atoms with van der Waals surface area (Å²) in [6, 6.07) is 0. The van der Waals surface area contributed by atoms with Crippen molar-refractivity contribution in [3.8, 4) is 0 Å². The first-order chi connectivity index (χ1) is 8.84. The van der Waals surface area contributed by atoms with Gasteiger partial charge in [-0.2, -0.15) is 0 Å². The summed E-state index contributed by atoms with van der Waals surface area (Å²) in [6.07, 6.45) is 15.1. The summed E-state index contributed by atoms with van der Waals surface area (Å²) >= 11 is 6.35. The highest BCUT2D eigenvalue weighted by Crippen LogP contribution is 2.27. The molecule has 1 aliphatic carbocycles. The third-order valence-electron chi connectivity index (χ3n) is 4.18. The lowest BCUT2D eigenvalue weighted by atomic mass is 9.89. The molecule has 0 amide bonds. The van der Waals surface area contributed by atoms with Gasteiger partial charge in [-0.1, -0.05) is 58.3 Å². The second kappa shape index (κ2) is 11.1. The Labute approximate surface area is 119 Å². The summed E-state index contributed by atoms with van der Waals surface area (Å²) in [6.45, 7) is 4.61. The Morgan fingerprint density at radius 1 is 0.944 bits per heavy atom. The van der Waals surface area contributed by atoms with Gasteiger partial charge in [0.2, 0.25) is 0 Å². The van der Waals surface area contributed by atoms with E-state index >= 15 is 0 Å². The minimum Gasteiger partial charge on any atom is -0.316 e. The zero-order valence-corrected chi connectivity index (χ0v) is 13.0. The third-order valence-corrected chi connectivity index (χ3v) is 4.75. The van der Waals surface area contributed by atoms with Gasteiger partial charge in [-0.15, -0.1) is 11.6 Å². The zero-order chi connectivity index (χ0) is 13.1. The maximum Gasteiger partial charge on any atom is 0.0376 e. The molecule has 1 rings (SSSR count). The lowest BCUT2D eigenvalue weighted by Crippen LogP contribution is -2.31. The van der Waals surface area contributed by atoms with Crippen LogP contribution in [0, 0.1) is 5.92 Å². The summed E-state index contributed by atoms with van der Waals surface area (Å²) in [7, 11) is 0. The molecule has 108 valence electrons. The first-order valence-electron chi connectivity index (χ1n) is 8.19. The minimum atomic E-state index is 0.431. The van der Waals surface area contributed by atoms with E-state index in [1.165, 1.54) is 77.2 Å². The molecule has 1 N–H and O–H groups in total. The SMILES string of the molecule is CCCCCCCCCNCC1CCCCC1Cl. The number of nitrogens with one attached hydrogen (secondary N) is 1. The largest absolute Gasteiger partial charge is 0.316 e. The molecule has 0 radical (unpaired) electrons. The van der Waals surface area contributed by atoms with Crippen molar-refractivity contribution in [1.29, 1.82) is 0 Å². The van der Waals surface area contributed by atoms with Crippen LogP contribution in [0.25, 0.3) is 0 Å². The van der Waals surface area contributed by atoms with Gasteiger partial charge in [0.25, 0.3) is 0 Å². The van der Waals surface area contributed by atoms with E-state index in [0.29, 0.717) is 5.38 Å². The van der Waals surface area contributed by atoms with Crippen LogP contribution in [0.5, 0.6) is 0 Å². The second-order valence-corrected chi connectivity index (χ2v) is 6.45. The molecule has 1 aliphatic rings. The number of alkyl halides is 1. The maximum atomic E-state index is 6.35. The average molecular weight is 274 g/mol. The van der Waals surface area contributed by atoms with Crippen molar-refractivity contribution in [2.45, 2.75) is 82.9 Å². The predicted molar refractivity (Wildman–Crippen MR) is 82.5 cm³/mol. The van der Waals surface area contributed by atoms with Gasteiger partial charge in [0.1, 0.15) is 0 Å². The number of hydrogen-bond donors (Lipinski definition) is 1. The number of rotatable bonds is 10. The highest BCUT2D eigenvalue weighted by atomic mass is 35.5. The Bertz CT molecular complexity index is 184. The first kappa shape index (κ1) is 16.3. The standard InChI is InChI=1S/C16H32ClN/c1-2-3-4-5-6-7-10-13-18-14-15-11-8-9-12-16(15)17/h15-16,18H,2-14H2,1H3. The molecule has 1 nitrogen and oxygen atoms in total. The van der Waals surface area contributed by atoms with Crippen LogP contribution in [0.3, 0.4) is 0 Å². The highest BCUT2D eigenvalue weighted by Gasteiger charge is 2.22. The van der Waals surface area contributed by atoms with E-state index in [4.69, 9.17) is 11.6 Å². The van der Waals surface area contributed by atoms with Crippen LogP contribution in [0.4, 0.5) is 0 Å². The summed E-state index contributed by atoms with van der Waals surface area (Å²) < 4.78 is 0. The van der Waals surface area contributed by atoms with Gasteiger partial charge >= 0.3 is 0 Å². The molecule has 0 bridgehead atoms. The summed E-state index contributed by atoms with van der Waals surface area (Å²) in [4.78, 5) is 0. The van der Waals surface area contributed by atoms with Gasteiger partial charge in [0.05, 0.1) is 0 Å². The normalized spacial score (nSPS) is 24.3. The Hall–Kier alpha value is 0.250. The van der Waals surface area contributed by atoms with Crippen molar-refractivity contribution < 1.29 is 0 Å². The van der Waals surface area contributed by atoms with Crippen LogP contribution >= 0.6 is 11.6 Å². The molecule has 1 fully saturated rings. The lowest BCUT2D eigenvalue weighted by molar-refractivity contribution is 0.348. The molecule has 0 aliphatic heterocycles. The molecule has 2 unspecified atom stereocenters. The molecule has 0 aromatic heterocycles. The van der Waals surface area contributed by atoms with Crippen LogP contribution in [-0.2, 0) is 0 Å². The molecule has 0 saturated heterocycles. The van der Waals surface area contributed by atoms with E-state index in [1.807, 2.05) is 0 Å². The quantitative estimate of drug-likeness (QED) is 0.430. The summed E-state index contributed by atoms with van der Waals surface area (Å²) in [5, 5.41) is 4.03. The Morgan fingerprint density at radius 2 is 1.61 bits per heavy atom. The van der Waals surface area contributed by atoms with E-state index in [-0.39, 0.29) is 0 Å². The van der Waals surface area contributed by atoms with Gasteiger partial charge in [-0.25, -0.2) is 0 Å². The molecule has 18 heavy (non-hydrogen) atoms. The topological polar surface area (TPSA) is 12.0 Å². The Morgan fingerprint density at radius 3 is 2.33 bits per heavy atom. The van der Waals surface area contributed by atoms with Crippen LogP contribution in [-0.4, -0.2) is 18.5 Å². The lowest BCUT2D eigenvalue weighted by Gasteiger charge is -2.27. The van der Waals surface area contributed by atoms with Crippen molar-refractivity contribution in [2.75, 3.05) is 13.1 Å². The highest BCUT2D eigenvalue weighted by molar-refractivity contribution is 6.20. The molecule has 2 atom stereocenters. The Kier molecular flexibility index (Phi) is 10.1. The summed E-state index contributed by atoms with van der Waals surface area (Å²) in [5.41, 5.74) is 0. The minimum absolute atomic E-state index is 0.431. The van der Waals surface area contributed by atoms with E-state index in [2.05, 4.69) is 12.2 Å². The predicted octanol–water partition coefficient (Wildman–Crippen LogP) is 5.12. The Balaban J connectivity index is 1.83. The number of hydrogen-bond acceptors (Lipinski definition) is 1. The average Bonchev–Trinajstić information content (AvgIpc) is 2.39. The van der Waals surface area contributed by atoms with Crippen molar-refractivity contribution in [3.63, 3.8) is 0 Å². The van der Waals surface area contributed by atoms with E-state index in [0.717, 1.165) is 12.5 Å². The third kappa shape index (κ3) is 7.63. The van der Waals surface area contributed by atoms with Gasteiger partial charge < -0.3 is 5.32 Å². The fourth-order valence-electron chi connectivity index (χ4n) is 2.89. The van der Waals surface area contributed by atoms with Crippen LogP contribution < -0.4 is 5.32 Å². The van der Waals surface area contributed by atoms with Gasteiger partial charge in [0, 0.05) is 5.38 Å². The maximum absolute atomic E-state index is 6.35. The van der Waals surface area contributed by atoms with E-state index in [9.17, 15) is 0 Å². The van der Waals surface area contributed by atoms with E-state index in [1.54, 1.807) is 0 Å². The van der Waals surface area contributed by atoms with Gasteiger partial charge in [0.15, 0.2) is 0 Å². The van der Waals surface area contributed by atoms with Crippen molar-refractivity contribution >= 4 is 11.6 Å². The number of unbranched alkanes of at least 4 members (excludes halogenated alkanes) is 6. The molecular formula is C16H32ClN. The number of halogens is 1. The fourth-order valence-corrected chi connectivity index (χ4v) is 3.26. The van der Waals surface area contributed by atoms with Crippen molar-refractivity contribution in [2.24, 2.45) is 5.92 Å². The van der Waals surface area contributed by atoms with Crippen molar-refractivity contribution in [1.82, 2.24) is 5.32 Å². The molecule has 2 heteroatoms. The molecular weight excluding hydrogens is 242 g/mol. The summed E-state index contributed by atoms with van der Waals surface area (Å²) in [5.74, 6) is 0.727. The van der Waals surface area contributed by atoms with Crippen LogP contribution in [0.1, 0.15) is 77.6 Å². The smallest absolute Gasteiger partial charge is 0.0376 e. The van der Waals surface area contributed by atoms with Crippen molar-refractivity contribution in [3.05, 3.63) is 0 Å². The molecule has 0 spiro atoms. The second-order valence-electron chi connectivity index (χ2n) is 5.89. The molecule has 1 saturated carbocycles. The zero-order valence-electron chi connectivity index (χ0n) is 12.2. The van der Waals surface area contributed by atoms with Crippen LogP contribution in [0.15, 0.2) is 0 Å². The monoisotopic (exact) mass is 273 g/mol. The fraction of sp³-hybridized carbons (Fsp3) is 1.00. The van der Waals surface area contributed by atoms with Crippen LogP contribution in [0.2, 0.25) is 0 Å². The first-order valence-corrected chi connectivity index (χ1v) is 8.63. The van der Waals surface area contributed by atoms with Gasteiger partial charge in [-0.3, -0.25) is 0 Å². The van der Waals surface area contributed by atoms with E-state index < -0.39 is 0 Å².